The molecule has 0 radical (unpaired) electrons. The summed E-state index contributed by atoms with van der Waals surface area (Å²) in [5, 5.41) is 11.5. The largest absolute Gasteiger partial charge is 0.478 e. The van der Waals surface area contributed by atoms with Crippen LogP contribution in [0.1, 0.15) is 36.0 Å². The quantitative estimate of drug-likeness (QED) is 0.896. The number of anilines is 1. The van der Waals surface area contributed by atoms with Gasteiger partial charge in [0.05, 0.1) is 11.3 Å². The summed E-state index contributed by atoms with van der Waals surface area (Å²) in [6, 6.07) is 2.80. The molecule has 1 aromatic carbocycles. The van der Waals surface area contributed by atoms with Crippen LogP contribution in [0.25, 0.3) is 0 Å². The molecule has 114 valence electrons. The Bertz CT molecular complexity index is 542. The molecule has 6 heteroatoms. The molecule has 0 unspecified atom stereocenters. The first-order valence-electron chi connectivity index (χ1n) is 7.02. The molecule has 2 N–H and O–H groups in total. The van der Waals surface area contributed by atoms with Crippen LogP contribution in [-0.4, -0.2) is 35.6 Å². The number of carbonyl (C=O) groups is 2. The number of aromatic carboxylic acids is 1. The molecule has 21 heavy (non-hydrogen) atoms. The van der Waals surface area contributed by atoms with E-state index in [0.717, 1.165) is 31.0 Å². The monoisotopic (exact) mass is 294 g/mol. The standard InChI is InChI=1S/C15H19FN2O3/c1-18(9-10-4-2-3-5-10)15(21)17-13-8-11(16)6-7-12(13)14(19)20/h6-8,10H,2-5,9H2,1H3,(H,17,21)(H,19,20). The van der Waals surface area contributed by atoms with Gasteiger partial charge in [-0.05, 0) is 37.0 Å². The van der Waals surface area contributed by atoms with Crippen LogP contribution in [0.4, 0.5) is 14.9 Å². The summed E-state index contributed by atoms with van der Waals surface area (Å²) in [7, 11) is 1.66. The maximum Gasteiger partial charge on any atom is 0.337 e. The van der Waals surface area contributed by atoms with Gasteiger partial charge in [0.25, 0.3) is 0 Å². The van der Waals surface area contributed by atoms with E-state index in [1.54, 1.807) is 7.05 Å². The zero-order valence-corrected chi connectivity index (χ0v) is 11.9. The van der Waals surface area contributed by atoms with E-state index < -0.39 is 17.8 Å². The van der Waals surface area contributed by atoms with Crippen molar-refractivity contribution >= 4 is 17.7 Å². The van der Waals surface area contributed by atoms with E-state index in [9.17, 15) is 14.0 Å². The number of amides is 2. The van der Waals surface area contributed by atoms with E-state index in [0.29, 0.717) is 12.5 Å². The smallest absolute Gasteiger partial charge is 0.337 e. The van der Waals surface area contributed by atoms with E-state index in [1.807, 2.05) is 0 Å². The number of rotatable bonds is 4. The van der Waals surface area contributed by atoms with Gasteiger partial charge in [-0.25, -0.2) is 14.0 Å². The Kier molecular flexibility index (Phi) is 4.77. The van der Waals surface area contributed by atoms with Gasteiger partial charge in [0.2, 0.25) is 0 Å². The lowest BCUT2D eigenvalue weighted by Gasteiger charge is -2.22. The maximum atomic E-state index is 13.2. The molecule has 0 atom stereocenters. The number of hydrogen-bond acceptors (Lipinski definition) is 2. The number of carboxylic acids is 1. The van der Waals surface area contributed by atoms with Crippen LogP contribution in [-0.2, 0) is 0 Å². The van der Waals surface area contributed by atoms with Crippen molar-refractivity contribution in [1.29, 1.82) is 0 Å². The summed E-state index contributed by atoms with van der Waals surface area (Å²) in [6.07, 6.45) is 4.59. The summed E-state index contributed by atoms with van der Waals surface area (Å²) >= 11 is 0. The second-order valence-corrected chi connectivity index (χ2v) is 5.46. The van der Waals surface area contributed by atoms with Crippen LogP contribution in [0.15, 0.2) is 18.2 Å². The predicted molar refractivity (Wildman–Crippen MR) is 77.0 cm³/mol. The molecule has 0 heterocycles. The molecular weight excluding hydrogens is 275 g/mol. The Morgan fingerprint density at radius 2 is 2.05 bits per heavy atom. The highest BCUT2D eigenvalue weighted by molar-refractivity contribution is 5.99. The van der Waals surface area contributed by atoms with E-state index in [-0.39, 0.29) is 11.3 Å². The van der Waals surface area contributed by atoms with Crippen molar-refractivity contribution in [2.24, 2.45) is 5.92 Å². The van der Waals surface area contributed by atoms with E-state index in [1.165, 1.54) is 17.7 Å². The van der Waals surface area contributed by atoms with Crippen molar-refractivity contribution in [1.82, 2.24) is 4.90 Å². The zero-order chi connectivity index (χ0) is 15.4. The molecule has 1 fully saturated rings. The van der Waals surface area contributed by atoms with Crippen LogP contribution in [0.5, 0.6) is 0 Å². The molecule has 1 aliphatic rings. The number of nitrogens with one attached hydrogen (secondary N) is 1. The van der Waals surface area contributed by atoms with Gasteiger partial charge in [0.1, 0.15) is 5.82 Å². The van der Waals surface area contributed by atoms with Crippen molar-refractivity contribution in [2.45, 2.75) is 25.7 Å². The fourth-order valence-corrected chi connectivity index (χ4v) is 2.68. The Hall–Kier alpha value is -2.11. The van der Waals surface area contributed by atoms with E-state index in [4.69, 9.17) is 5.11 Å². The van der Waals surface area contributed by atoms with Crippen molar-refractivity contribution < 1.29 is 19.1 Å². The highest BCUT2D eigenvalue weighted by atomic mass is 19.1. The molecule has 1 aliphatic carbocycles. The number of carbonyl (C=O) groups excluding carboxylic acids is 1. The third-order valence-corrected chi connectivity index (χ3v) is 3.81. The summed E-state index contributed by atoms with van der Waals surface area (Å²) < 4.78 is 13.2. The fraction of sp³-hybridized carbons (Fsp3) is 0.467. The number of carboxylic acid groups (broad SMARTS) is 1. The lowest BCUT2D eigenvalue weighted by atomic mass is 10.1. The van der Waals surface area contributed by atoms with Crippen molar-refractivity contribution in [3.8, 4) is 0 Å². The number of hydrogen-bond donors (Lipinski definition) is 2. The lowest BCUT2D eigenvalue weighted by Crippen LogP contribution is -2.35. The second-order valence-electron chi connectivity index (χ2n) is 5.46. The Morgan fingerprint density at radius 1 is 1.38 bits per heavy atom. The number of nitrogens with zero attached hydrogens (tertiary/aromatic N) is 1. The van der Waals surface area contributed by atoms with Gasteiger partial charge in [-0.2, -0.15) is 0 Å². The Balaban J connectivity index is 2.04. The minimum Gasteiger partial charge on any atom is -0.478 e. The van der Waals surface area contributed by atoms with E-state index in [2.05, 4.69) is 5.32 Å². The molecule has 2 amide bonds. The molecule has 2 rings (SSSR count). The molecule has 0 bridgehead atoms. The minimum absolute atomic E-state index is 0.0224. The average Bonchev–Trinajstić information content (AvgIpc) is 2.91. The molecule has 0 aromatic heterocycles. The summed E-state index contributed by atoms with van der Waals surface area (Å²) in [5.74, 6) is -1.30. The first-order chi connectivity index (χ1) is 9.97. The lowest BCUT2D eigenvalue weighted by molar-refractivity contribution is 0.0698. The normalized spacial score (nSPS) is 15.0. The van der Waals surface area contributed by atoms with Gasteiger partial charge >= 0.3 is 12.0 Å². The van der Waals surface area contributed by atoms with Crippen LogP contribution < -0.4 is 5.32 Å². The van der Waals surface area contributed by atoms with Crippen molar-refractivity contribution in [3.05, 3.63) is 29.6 Å². The fourth-order valence-electron chi connectivity index (χ4n) is 2.68. The number of halogens is 1. The first kappa shape index (κ1) is 15.3. The third-order valence-electron chi connectivity index (χ3n) is 3.81. The summed E-state index contributed by atoms with van der Waals surface area (Å²) in [4.78, 5) is 24.7. The van der Waals surface area contributed by atoms with Crippen LogP contribution >= 0.6 is 0 Å². The molecule has 5 nitrogen and oxygen atoms in total. The average molecular weight is 294 g/mol. The number of benzene rings is 1. The molecule has 1 saturated carbocycles. The minimum atomic E-state index is -1.20. The number of urea groups is 1. The third kappa shape index (κ3) is 3.93. The summed E-state index contributed by atoms with van der Waals surface area (Å²) in [6.45, 7) is 0.629. The van der Waals surface area contributed by atoms with Gasteiger partial charge in [-0.3, -0.25) is 0 Å². The predicted octanol–water partition coefficient (Wildman–Crippen LogP) is 3.18. The Morgan fingerprint density at radius 3 is 2.67 bits per heavy atom. The van der Waals surface area contributed by atoms with E-state index >= 15 is 0 Å². The SMILES string of the molecule is CN(CC1CCCC1)C(=O)Nc1cc(F)ccc1C(=O)O. The molecular formula is C15H19FN2O3. The zero-order valence-electron chi connectivity index (χ0n) is 11.9. The van der Waals surface area contributed by atoms with Crippen molar-refractivity contribution in [2.75, 3.05) is 18.9 Å². The van der Waals surface area contributed by atoms with Gasteiger partial charge in [0.15, 0.2) is 0 Å². The molecule has 0 saturated heterocycles. The second kappa shape index (κ2) is 6.56. The topological polar surface area (TPSA) is 69.6 Å². The van der Waals surface area contributed by atoms with Gasteiger partial charge < -0.3 is 15.3 Å². The van der Waals surface area contributed by atoms with Crippen LogP contribution in [0, 0.1) is 11.7 Å². The molecule has 0 aliphatic heterocycles. The van der Waals surface area contributed by atoms with Gasteiger partial charge in [-0.1, -0.05) is 12.8 Å². The summed E-state index contributed by atoms with van der Waals surface area (Å²) in [5.41, 5.74) is -0.148. The van der Waals surface area contributed by atoms with Gasteiger partial charge in [0, 0.05) is 13.6 Å². The maximum absolute atomic E-state index is 13.2. The van der Waals surface area contributed by atoms with Crippen LogP contribution in [0.3, 0.4) is 0 Å². The van der Waals surface area contributed by atoms with Crippen LogP contribution in [0.2, 0.25) is 0 Å². The highest BCUT2D eigenvalue weighted by Gasteiger charge is 2.20. The van der Waals surface area contributed by atoms with Gasteiger partial charge in [-0.15, -0.1) is 0 Å². The first-order valence-corrected chi connectivity index (χ1v) is 7.02. The highest BCUT2D eigenvalue weighted by Crippen LogP contribution is 2.25. The molecule has 0 spiro atoms. The Labute approximate surface area is 122 Å². The molecule has 1 aromatic rings. The van der Waals surface area contributed by atoms with Crippen molar-refractivity contribution in [3.63, 3.8) is 0 Å².